The standard InChI is InChI=1S/C17H18N6O2/c1-2-24-16-10-14(11-18-19-17-20-22-23-21-17)8-9-15(16)25-12-13-6-4-3-5-7-13/h3-11H,2,12H2,1H3,(H2,19,20,21,22,23)/b18-11+. The Morgan fingerprint density at radius 1 is 1.12 bits per heavy atom. The van der Waals surface area contributed by atoms with Gasteiger partial charge in [-0.15, -0.1) is 5.10 Å². The topological polar surface area (TPSA) is 97.3 Å². The highest BCUT2D eigenvalue weighted by atomic mass is 16.5. The molecular weight excluding hydrogens is 320 g/mol. The van der Waals surface area contributed by atoms with E-state index >= 15 is 0 Å². The van der Waals surface area contributed by atoms with Gasteiger partial charge in [0.1, 0.15) is 6.61 Å². The molecule has 3 rings (SSSR count). The van der Waals surface area contributed by atoms with Gasteiger partial charge in [-0.25, -0.2) is 5.43 Å². The van der Waals surface area contributed by atoms with Gasteiger partial charge in [0, 0.05) is 0 Å². The monoisotopic (exact) mass is 338 g/mol. The average molecular weight is 338 g/mol. The van der Waals surface area contributed by atoms with Crippen molar-refractivity contribution >= 4 is 12.2 Å². The van der Waals surface area contributed by atoms with Crippen molar-refractivity contribution < 1.29 is 9.47 Å². The maximum Gasteiger partial charge on any atom is 0.283 e. The predicted octanol–water partition coefficient (Wildman–Crippen LogP) is 2.62. The molecule has 0 aliphatic rings. The number of anilines is 1. The number of nitrogens with one attached hydrogen (secondary N) is 2. The summed E-state index contributed by atoms with van der Waals surface area (Å²) in [5.41, 5.74) is 4.62. The minimum Gasteiger partial charge on any atom is -0.490 e. The Morgan fingerprint density at radius 3 is 2.76 bits per heavy atom. The minimum absolute atomic E-state index is 0.295. The first kappa shape index (κ1) is 16.4. The predicted molar refractivity (Wildman–Crippen MR) is 93.8 cm³/mol. The first-order valence-corrected chi connectivity index (χ1v) is 7.81. The molecule has 0 spiro atoms. The van der Waals surface area contributed by atoms with Gasteiger partial charge in [0.25, 0.3) is 5.95 Å². The largest absolute Gasteiger partial charge is 0.490 e. The van der Waals surface area contributed by atoms with E-state index in [9.17, 15) is 0 Å². The molecule has 0 amide bonds. The van der Waals surface area contributed by atoms with Gasteiger partial charge in [0.05, 0.1) is 12.8 Å². The Kier molecular flexibility index (Phi) is 5.55. The van der Waals surface area contributed by atoms with Gasteiger partial charge in [-0.1, -0.05) is 35.4 Å². The second kappa shape index (κ2) is 8.44. The molecule has 0 aliphatic carbocycles. The fourth-order valence-electron chi connectivity index (χ4n) is 2.10. The normalized spacial score (nSPS) is 10.8. The molecule has 128 valence electrons. The number of aromatic amines is 1. The molecule has 0 bridgehead atoms. The Labute approximate surface area is 144 Å². The van der Waals surface area contributed by atoms with Gasteiger partial charge in [0.2, 0.25) is 0 Å². The molecule has 3 aromatic rings. The molecule has 0 fully saturated rings. The van der Waals surface area contributed by atoms with Crippen molar-refractivity contribution in [2.75, 3.05) is 12.0 Å². The first-order chi connectivity index (χ1) is 12.3. The highest BCUT2D eigenvalue weighted by Gasteiger charge is 2.06. The zero-order valence-electron chi connectivity index (χ0n) is 13.7. The summed E-state index contributed by atoms with van der Waals surface area (Å²) in [6.07, 6.45) is 1.64. The van der Waals surface area contributed by atoms with E-state index in [4.69, 9.17) is 9.47 Å². The lowest BCUT2D eigenvalue weighted by Gasteiger charge is -2.12. The number of tetrazole rings is 1. The molecule has 2 N–H and O–H groups in total. The number of hydrogen-bond donors (Lipinski definition) is 2. The van der Waals surface area contributed by atoms with Crippen LogP contribution in [0.25, 0.3) is 0 Å². The van der Waals surface area contributed by atoms with Crippen LogP contribution in [0.1, 0.15) is 18.1 Å². The van der Waals surface area contributed by atoms with Gasteiger partial charge in [0.15, 0.2) is 11.5 Å². The fourth-order valence-corrected chi connectivity index (χ4v) is 2.10. The summed E-state index contributed by atoms with van der Waals surface area (Å²) < 4.78 is 11.5. The average Bonchev–Trinajstić information content (AvgIpc) is 3.16. The van der Waals surface area contributed by atoms with Gasteiger partial charge in [-0.05, 0) is 41.5 Å². The van der Waals surface area contributed by atoms with Crippen molar-refractivity contribution in [1.29, 1.82) is 0 Å². The molecule has 1 heterocycles. The number of nitrogens with zero attached hydrogens (tertiary/aromatic N) is 4. The molecule has 0 saturated carbocycles. The second-order valence-corrected chi connectivity index (χ2v) is 5.02. The van der Waals surface area contributed by atoms with Crippen LogP contribution < -0.4 is 14.9 Å². The summed E-state index contributed by atoms with van der Waals surface area (Å²) in [6, 6.07) is 15.6. The van der Waals surface area contributed by atoms with Crippen LogP contribution in [0.5, 0.6) is 11.5 Å². The highest BCUT2D eigenvalue weighted by molar-refractivity contribution is 5.81. The second-order valence-electron chi connectivity index (χ2n) is 5.02. The number of H-pyrrole nitrogens is 1. The molecule has 8 heteroatoms. The van der Waals surface area contributed by atoms with Crippen LogP contribution in [-0.2, 0) is 6.61 Å². The van der Waals surface area contributed by atoms with E-state index in [0.29, 0.717) is 30.7 Å². The van der Waals surface area contributed by atoms with Crippen molar-refractivity contribution in [3.63, 3.8) is 0 Å². The minimum atomic E-state index is 0.295. The van der Waals surface area contributed by atoms with Crippen molar-refractivity contribution in [3.8, 4) is 11.5 Å². The van der Waals surface area contributed by atoms with Gasteiger partial charge >= 0.3 is 0 Å². The van der Waals surface area contributed by atoms with Crippen molar-refractivity contribution in [2.24, 2.45) is 5.10 Å². The molecule has 2 aromatic carbocycles. The van der Waals surface area contributed by atoms with Crippen LogP contribution in [0.2, 0.25) is 0 Å². The van der Waals surface area contributed by atoms with E-state index < -0.39 is 0 Å². The number of aromatic nitrogens is 4. The fraction of sp³-hybridized carbons (Fsp3) is 0.176. The van der Waals surface area contributed by atoms with Crippen molar-refractivity contribution in [3.05, 3.63) is 59.7 Å². The number of hydrogen-bond acceptors (Lipinski definition) is 7. The molecular formula is C17H18N6O2. The molecule has 0 saturated heterocycles. The lowest BCUT2D eigenvalue weighted by molar-refractivity contribution is 0.269. The van der Waals surface area contributed by atoms with Crippen LogP contribution in [0.3, 0.4) is 0 Å². The van der Waals surface area contributed by atoms with Crippen molar-refractivity contribution in [2.45, 2.75) is 13.5 Å². The summed E-state index contributed by atoms with van der Waals surface area (Å²) in [7, 11) is 0. The molecule has 8 nitrogen and oxygen atoms in total. The van der Waals surface area contributed by atoms with E-state index in [-0.39, 0.29) is 0 Å². The zero-order chi connectivity index (χ0) is 17.3. The first-order valence-electron chi connectivity index (χ1n) is 7.81. The lowest BCUT2D eigenvalue weighted by atomic mass is 10.2. The van der Waals surface area contributed by atoms with E-state index in [1.54, 1.807) is 6.21 Å². The Morgan fingerprint density at radius 2 is 2.00 bits per heavy atom. The number of hydrazone groups is 1. The number of ether oxygens (including phenoxy) is 2. The number of benzene rings is 2. The Hall–Kier alpha value is -3.42. The van der Waals surface area contributed by atoms with E-state index in [1.165, 1.54) is 0 Å². The van der Waals surface area contributed by atoms with Gasteiger partial charge < -0.3 is 9.47 Å². The van der Waals surface area contributed by atoms with Gasteiger partial charge in [-0.2, -0.15) is 10.3 Å². The summed E-state index contributed by atoms with van der Waals surface area (Å²) in [6.45, 7) is 2.96. The third kappa shape index (κ3) is 4.77. The van der Waals surface area contributed by atoms with Crippen LogP contribution in [0, 0.1) is 0 Å². The maximum atomic E-state index is 5.88. The summed E-state index contributed by atoms with van der Waals surface area (Å²) in [4.78, 5) is 0. The third-order valence-electron chi connectivity index (χ3n) is 3.23. The van der Waals surface area contributed by atoms with Crippen LogP contribution in [0.15, 0.2) is 53.6 Å². The molecule has 25 heavy (non-hydrogen) atoms. The van der Waals surface area contributed by atoms with E-state index in [1.807, 2.05) is 55.5 Å². The summed E-state index contributed by atoms with van der Waals surface area (Å²) in [5, 5.41) is 17.3. The Bertz CT molecular complexity index is 805. The summed E-state index contributed by atoms with van der Waals surface area (Å²) in [5.74, 6) is 1.65. The smallest absolute Gasteiger partial charge is 0.283 e. The third-order valence-corrected chi connectivity index (χ3v) is 3.23. The van der Waals surface area contributed by atoms with E-state index in [0.717, 1.165) is 11.1 Å². The number of rotatable bonds is 8. The SMILES string of the molecule is CCOc1cc(/C=N/Nc2nn[nH]n2)ccc1OCc1ccccc1. The molecule has 0 atom stereocenters. The molecule has 0 aliphatic heterocycles. The quantitative estimate of drug-likeness (QED) is 0.484. The van der Waals surface area contributed by atoms with Gasteiger partial charge in [-0.3, -0.25) is 0 Å². The van der Waals surface area contributed by atoms with Crippen LogP contribution >= 0.6 is 0 Å². The highest BCUT2D eigenvalue weighted by Crippen LogP contribution is 2.28. The Balaban J connectivity index is 1.67. The van der Waals surface area contributed by atoms with E-state index in [2.05, 4.69) is 31.2 Å². The summed E-state index contributed by atoms with van der Waals surface area (Å²) >= 11 is 0. The van der Waals surface area contributed by atoms with Crippen LogP contribution in [0.4, 0.5) is 5.95 Å². The van der Waals surface area contributed by atoms with Crippen molar-refractivity contribution in [1.82, 2.24) is 20.6 Å². The van der Waals surface area contributed by atoms with Crippen LogP contribution in [-0.4, -0.2) is 33.4 Å². The maximum absolute atomic E-state index is 5.88. The molecule has 1 aromatic heterocycles. The lowest BCUT2D eigenvalue weighted by Crippen LogP contribution is -2.00. The molecule has 0 unspecified atom stereocenters. The molecule has 0 radical (unpaired) electrons. The zero-order valence-corrected chi connectivity index (χ0v) is 13.7.